The molecule has 0 aliphatic carbocycles. The fourth-order valence-corrected chi connectivity index (χ4v) is 2.00. The Kier molecular flexibility index (Phi) is 3.81. The van der Waals surface area contributed by atoms with Gasteiger partial charge in [-0.15, -0.1) is 0 Å². The van der Waals surface area contributed by atoms with Gasteiger partial charge in [-0.1, -0.05) is 6.92 Å². The lowest BCUT2D eigenvalue weighted by molar-refractivity contribution is 0.471. The molecule has 98 valence electrons. The van der Waals surface area contributed by atoms with Crippen LogP contribution in [0.25, 0.3) is 0 Å². The van der Waals surface area contributed by atoms with Gasteiger partial charge in [0.15, 0.2) is 0 Å². The van der Waals surface area contributed by atoms with Gasteiger partial charge in [0.05, 0.1) is 17.4 Å². The standard InChI is InChI=1S/C13H21N5/c1-4-10(2)18-8-6-11(16-18)9-12(14)13-5-7-15-17(13)3/h5-8,10,12H,4,9,14H2,1-3H3. The molecule has 2 N–H and O–H groups in total. The van der Waals surface area contributed by atoms with Crippen molar-refractivity contribution < 1.29 is 0 Å². The van der Waals surface area contributed by atoms with E-state index in [9.17, 15) is 0 Å². The summed E-state index contributed by atoms with van der Waals surface area (Å²) in [6.07, 6.45) is 5.62. The van der Waals surface area contributed by atoms with Crippen molar-refractivity contribution in [2.24, 2.45) is 12.8 Å². The third-order valence-corrected chi connectivity index (χ3v) is 3.37. The largest absolute Gasteiger partial charge is 0.322 e. The molecule has 2 heterocycles. The summed E-state index contributed by atoms with van der Waals surface area (Å²) in [6.45, 7) is 4.32. The highest BCUT2D eigenvalue weighted by Gasteiger charge is 2.13. The van der Waals surface area contributed by atoms with Crippen LogP contribution in [0.3, 0.4) is 0 Å². The lowest BCUT2D eigenvalue weighted by atomic mass is 10.1. The molecule has 2 rings (SSSR count). The number of nitrogens with zero attached hydrogens (tertiary/aromatic N) is 4. The van der Waals surface area contributed by atoms with Crippen molar-refractivity contribution in [3.05, 3.63) is 35.9 Å². The molecule has 0 saturated heterocycles. The monoisotopic (exact) mass is 247 g/mol. The van der Waals surface area contributed by atoms with Gasteiger partial charge in [-0.05, 0) is 25.5 Å². The van der Waals surface area contributed by atoms with Gasteiger partial charge in [0.25, 0.3) is 0 Å². The summed E-state index contributed by atoms with van der Waals surface area (Å²) < 4.78 is 3.82. The predicted molar refractivity (Wildman–Crippen MR) is 71.1 cm³/mol. The van der Waals surface area contributed by atoms with Gasteiger partial charge < -0.3 is 5.73 Å². The van der Waals surface area contributed by atoms with Crippen LogP contribution >= 0.6 is 0 Å². The first kappa shape index (κ1) is 12.8. The first-order valence-corrected chi connectivity index (χ1v) is 6.39. The molecule has 2 aromatic heterocycles. The maximum atomic E-state index is 6.18. The number of nitrogens with two attached hydrogens (primary N) is 1. The molecule has 0 bridgehead atoms. The zero-order valence-corrected chi connectivity index (χ0v) is 11.2. The summed E-state index contributed by atoms with van der Waals surface area (Å²) in [6, 6.07) is 4.38. The maximum absolute atomic E-state index is 6.18. The van der Waals surface area contributed by atoms with Crippen molar-refractivity contribution in [1.29, 1.82) is 0 Å². The highest BCUT2D eigenvalue weighted by Crippen LogP contribution is 2.15. The molecule has 0 saturated carbocycles. The number of hydrogen-bond acceptors (Lipinski definition) is 3. The Hall–Kier alpha value is -1.62. The molecule has 18 heavy (non-hydrogen) atoms. The highest BCUT2D eigenvalue weighted by atomic mass is 15.3. The van der Waals surface area contributed by atoms with Gasteiger partial charge in [0.2, 0.25) is 0 Å². The van der Waals surface area contributed by atoms with Crippen molar-refractivity contribution in [3.8, 4) is 0 Å². The maximum Gasteiger partial charge on any atom is 0.0644 e. The van der Waals surface area contributed by atoms with Gasteiger partial charge in [0, 0.05) is 31.9 Å². The van der Waals surface area contributed by atoms with Crippen LogP contribution in [0.15, 0.2) is 24.5 Å². The fraction of sp³-hybridized carbons (Fsp3) is 0.538. The number of aryl methyl sites for hydroxylation is 1. The van der Waals surface area contributed by atoms with Crippen LogP contribution in [0.5, 0.6) is 0 Å². The van der Waals surface area contributed by atoms with Gasteiger partial charge in [-0.25, -0.2) is 0 Å². The zero-order chi connectivity index (χ0) is 13.1. The van der Waals surface area contributed by atoms with Crippen molar-refractivity contribution in [2.45, 2.75) is 38.8 Å². The molecule has 2 aromatic rings. The summed E-state index contributed by atoms with van der Waals surface area (Å²) in [4.78, 5) is 0. The lowest BCUT2D eigenvalue weighted by Gasteiger charge is -2.11. The van der Waals surface area contributed by atoms with Crippen LogP contribution in [0.2, 0.25) is 0 Å². The Balaban J connectivity index is 2.06. The van der Waals surface area contributed by atoms with Gasteiger partial charge in [-0.2, -0.15) is 10.2 Å². The third-order valence-electron chi connectivity index (χ3n) is 3.37. The van der Waals surface area contributed by atoms with Gasteiger partial charge >= 0.3 is 0 Å². The second-order valence-corrected chi connectivity index (χ2v) is 4.73. The minimum Gasteiger partial charge on any atom is -0.322 e. The molecule has 0 fully saturated rings. The Bertz CT molecular complexity index is 499. The molecule has 0 aliphatic heterocycles. The minimum atomic E-state index is -0.0576. The van der Waals surface area contributed by atoms with E-state index in [-0.39, 0.29) is 6.04 Å². The predicted octanol–water partition coefficient (Wildman–Crippen LogP) is 1.83. The van der Waals surface area contributed by atoms with E-state index in [1.165, 1.54) is 0 Å². The normalized spacial score (nSPS) is 14.7. The van der Waals surface area contributed by atoms with Gasteiger partial charge in [-0.3, -0.25) is 9.36 Å². The Labute approximate surface area is 108 Å². The Morgan fingerprint density at radius 1 is 1.39 bits per heavy atom. The van der Waals surface area contributed by atoms with E-state index in [0.29, 0.717) is 6.04 Å². The Morgan fingerprint density at radius 2 is 2.17 bits per heavy atom. The van der Waals surface area contributed by atoms with Crippen LogP contribution < -0.4 is 5.73 Å². The molecule has 0 spiro atoms. The topological polar surface area (TPSA) is 61.7 Å². The number of hydrogen-bond donors (Lipinski definition) is 1. The highest BCUT2D eigenvalue weighted by molar-refractivity contribution is 5.11. The fourth-order valence-electron chi connectivity index (χ4n) is 2.00. The molecule has 2 unspecified atom stereocenters. The smallest absolute Gasteiger partial charge is 0.0644 e. The van der Waals surface area contributed by atoms with E-state index in [1.54, 1.807) is 6.20 Å². The van der Waals surface area contributed by atoms with Crippen molar-refractivity contribution in [2.75, 3.05) is 0 Å². The van der Waals surface area contributed by atoms with E-state index in [1.807, 2.05) is 34.7 Å². The molecule has 5 heteroatoms. The first-order chi connectivity index (χ1) is 8.61. The van der Waals surface area contributed by atoms with Crippen LogP contribution in [-0.2, 0) is 13.5 Å². The average Bonchev–Trinajstić information content (AvgIpc) is 2.97. The van der Waals surface area contributed by atoms with E-state index in [4.69, 9.17) is 5.73 Å². The average molecular weight is 247 g/mol. The lowest BCUT2D eigenvalue weighted by Crippen LogP contribution is -2.17. The van der Waals surface area contributed by atoms with Gasteiger partial charge in [0.1, 0.15) is 0 Å². The number of aromatic nitrogens is 4. The summed E-state index contributed by atoms with van der Waals surface area (Å²) in [5.74, 6) is 0. The first-order valence-electron chi connectivity index (χ1n) is 6.39. The van der Waals surface area contributed by atoms with Crippen LogP contribution in [0.1, 0.15) is 43.7 Å². The van der Waals surface area contributed by atoms with Crippen LogP contribution in [0.4, 0.5) is 0 Å². The SMILES string of the molecule is CCC(C)n1ccc(CC(N)c2ccnn2C)n1. The Morgan fingerprint density at radius 3 is 2.78 bits per heavy atom. The number of rotatable bonds is 5. The van der Waals surface area contributed by atoms with E-state index < -0.39 is 0 Å². The second-order valence-electron chi connectivity index (χ2n) is 4.73. The molecule has 5 nitrogen and oxygen atoms in total. The van der Waals surface area contributed by atoms with E-state index >= 15 is 0 Å². The zero-order valence-electron chi connectivity index (χ0n) is 11.2. The van der Waals surface area contributed by atoms with Crippen molar-refractivity contribution in [1.82, 2.24) is 19.6 Å². The molecule has 0 aromatic carbocycles. The molecule has 2 atom stereocenters. The van der Waals surface area contributed by atoms with Crippen LogP contribution in [-0.4, -0.2) is 19.6 Å². The third kappa shape index (κ3) is 2.61. The molecule has 0 amide bonds. The van der Waals surface area contributed by atoms with Crippen molar-refractivity contribution >= 4 is 0 Å². The quantitative estimate of drug-likeness (QED) is 0.876. The van der Waals surface area contributed by atoms with E-state index in [0.717, 1.165) is 24.2 Å². The van der Waals surface area contributed by atoms with E-state index in [2.05, 4.69) is 24.0 Å². The summed E-state index contributed by atoms with van der Waals surface area (Å²) in [5, 5.41) is 8.70. The van der Waals surface area contributed by atoms with Crippen LogP contribution in [0, 0.1) is 0 Å². The molecule has 0 aliphatic rings. The molecular weight excluding hydrogens is 226 g/mol. The summed E-state index contributed by atoms with van der Waals surface area (Å²) >= 11 is 0. The van der Waals surface area contributed by atoms with Crippen molar-refractivity contribution in [3.63, 3.8) is 0 Å². The molecule has 0 radical (unpaired) electrons. The summed E-state index contributed by atoms with van der Waals surface area (Å²) in [5.41, 5.74) is 8.25. The second kappa shape index (κ2) is 5.35. The minimum absolute atomic E-state index is 0.0576. The summed E-state index contributed by atoms with van der Waals surface area (Å²) in [7, 11) is 1.91. The molecular formula is C13H21N5.